The quantitative estimate of drug-likeness (QED) is 0.299. The maximum atomic E-state index is 12.5. The molecular weight excluding hydrogens is 312 g/mol. The molecule has 1 saturated heterocycles. The third-order valence-corrected chi connectivity index (χ3v) is 4.48. The molecule has 0 aromatic rings. The molecule has 1 heterocycles. The molecule has 0 saturated carbocycles. The molecule has 1 rings (SSSR count). The second kappa shape index (κ2) is 9.72. The van der Waals surface area contributed by atoms with Gasteiger partial charge in [0.05, 0.1) is 0 Å². The summed E-state index contributed by atoms with van der Waals surface area (Å²) in [6.45, 7) is 11.8. The van der Waals surface area contributed by atoms with Crippen molar-refractivity contribution in [1.29, 1.82) is 0 Å². The van der Waals surface area contributed by atoms with Crippen LogP contribution in [0.15, 0.2) is 4.99 Å². The number of aliphatic imine (C=N–C) groups is 1. The number of amides is 2. The highest BCUT2D eigenvalue weighted by molar-refractivity contribution is 7.80. The summed E-state index contributed by atoms with van der Waals surface area (Å²) in [6, 6.07) is -0.0332. The van der Waals surface area contributed by atoms with Gasteiger partial charge in [-0.3, -0.25) is 19.5 Å². The van der Waals surface area contributed by atoms with E-state index >= 15 is 0 Å². The van der Waals surface area contributed by atoms with Gasteiger partial charge in [0.25, 0.3) is 0 Å². The van der Waals surface area contributed by atoms with Crippen LogP contribution in [0.1, 0.15) is 40.5 Å². The van der Waals surface area contributed by atoms with E-state index in [2.05, 4.69) is 29.1 Å². The number of thiocarbonyl (C=S) groups is 1. The van der Waals surface area contributed by atoms with Crippen LogP contribution in [0, 0.1) is 5.92 Å². The van der Waals surface area contributed by atoms with E-state index in [4.69, 9.17) is 12.2 Å². The average Bonchev–Trinajstić information content (AvgIpc) is 2.52. The molecule has 1 fully saturated rings. The van der Waals surface area contributed by atoms with Crippen molar-refractivity contribution < 1.29 is 9.59 Å². The lowest BCUT2D eigenvalue weighted by Crippen LogP contribution is -2.60. The van der Waals surface area contributed by atoms with E-state index in [0.717, 1.165) is 32.5 Å². The minimum atomic E-state index is -0.871. The zero-order valence-corrected chi connectivity index (χ0v) is 15.4. The summed E-state index contributed by atoms with van der Waals surface area (Å²) >= 11 is 5.11. The van der Waals surface area contributed by atoms with Crippen molar-refractivity contribution in [2.75, 3.05) is 26.2 Å². The van der Waals surface area contributed by atoms with Gasteiger partial charge in [0.1, 0.15) is 0 Å². The zero-order chi connectivity index (χ0) is 17.4. The highest BCUT2D eigenvalue weighted by atomic mass is 32.1. The zero-order valence-electron chi connectivity index (χ0n) is 14.5. The van der Waals surface area contributed by atoms with Crippen LogP contribution in [0.4, 0.5) is 0 Å². The van der Waals surface area contributed by atoms with Crippen molar-refractivity contribution >= 4 is 35.4 Å². The lowest BCUT2D eigenvalue weighted by atomic mass is 10.0. The van der Waals surface area contributed by atoms with Crippen molar-refractivity contribution in [3.63, 3.8) is 0 Å². The topological polar surface area (TPSA) is 65.0 Å². The fraction of sp³-hybridized carbons (Fsp3) is 0.750. The van der Waals surface area contributed by atoms with Gasteiger partial charge in [0.2, 0.25) is 11.8 Å². The number of hydrogen-bond donors (Lipinski definition) is 1. The van der Waals surface area contributed by atoms with Gasteiger partial charge >= 0.3 is 0 Å². The highest BCUT2D eigenvalue weighted by Crippen LogP contribution is 2.14. The van der Waals surface area contributed by atoms with E-state index in [0.29, 0.717) is 6.54 Å². The second-order valence-corrected chi connectivity index (χ2v) is 6.06. The highest BCUT2D eigenvalue weighted by Gasteiger charge is 2.39. The van der Waals surface area contributed by atoms with E-state index in [9.17, 15) is 9.59 Å². The monoisotopic (exact) mass is 340 g/mol. The summed E-state index contributed by atoms with van der Waals surface area (Å²) in [6.07, 6.45) is 3.15. The average molecular weight is 340 g/mol. The Balaban J connectivity index is 2.60. The predicted octanol–water partition coefficient (Wildman–Crippen LogP) is 1.45. The van der Waals surface area contributed by atoms with E-state index in [-0.39, 0.29) is 23.0 Å². The minimum absolute atomic E-state index is 0.0332. The molecule has 0 aliphatic carbocycles. The van der Waals surface area contributed by atoms with Crippen LogP contribution in [0.5, 0.6) is 0 Å². The molecule has 2 amide bonds. The van der Waals surface area contributed by atoms with Crippen LogP contribution < -0.4 is 5.32 Å². The summed E-state index contributed by atoms with van der Waals surface area (Å²) in [5, 5.41) is 2.80. The Bertz CT molecular complexity index is 463. The molecule has 130 valence electrons. The summed E-state index contributed by atoms with van der Waals surface area (Å²) in [7, 11) is 0. The summed E-state index contributed by atoms with van der Waals surface area (Å²) in [5.74, 6) is -1.53. The number of hydrogen-bond acceptors (Lipinski definition) is 5. The van der Waals surface area contributed by atoms with Gasteiger partial charge in [0.15, 0.2) is 11.0 Å². The Morgan fingerprint density at radius 2 is 2.00 bits per heavy atom. The molecule has 0 radical (unpaired) electrons. The van der Waals surface area contributed by atoms with Crippen molar-refractivity contribution in [2.45, 2.75) is 46.6 Å². The summed E-state index contributed by atoms with van der Waals surface area (Å²) in [4.78, 5) is 32.6. The molecule has 0 aromatic heterocycles. The number of carbonyl (C=O) groups is 2. The van der Waals surface area contributed by atoms with Crippen molar-refractivity contribution in [3.8, 4) is 0 Å². The van der Waals surface area contributed by atoms with Crippen LogP contribution in [-0.4, -0.2) is 65.2 Å². The third kappa shape index (κ3) is 5.35. The van der Waals surface area contributed by atoms with Gasteiger partial charge in [-0.05, 0) is 51.6 Å². The molecule has 0 unspecified atom stereocenters. The van der Waals surface area contributed by atoms with Crippen LogP contribution in [0.3, 0.4) is 0 Å². The van der Waals surface area contributed by atoms with Crippen molar-refractivity contribution in [2.24, 2.45) is 10.9 Å². The lowest BCUT2D eigenvalue weighted by molar-refractivity contribution is -0.139. The van der Waals surface area contributed by atoms with Crippen LogP contribution >= 0.6 is 12.2 Å². The standard InChI is InChI=1S/C16H28N4O2S/c1-5-12(4)20-15(22)13(14(21)18-16(20)23)11-17-9-8-10-19(6-2)7-3/h11-13H,5-10H2,1-4H3,(H,18,21,23)/t12-,13+/m1/s1. The molecule has 0 aromatic carbocycles. The van der Waals surface area contributed by atoms with Gasteiger partial charge < -0.3 is 10.2 Å². The van der Waals surface area contributed by atoms with Gasteiger partial charge in [-0.25, -0.2) is 0 Å². The second-order valence-electron chi connectivity index (χ2n) is 5.67. The first kappa shape index (κ1) is 19.7. The Kier molecular flexibility index (Phi) is 8.33. The third-order valence-electron chi connectivity index (χ3n) is 4.18. The SMILES string of the molecule is CC[C@@H](C)N1C(=O)[C@@H](C=NCCCN(CC)CC)C(=O)NC1=S. The molecule has 2 atom stereocenters. The van der Waals surface area contributed by atoms with Crippen LogP contribution in [0.25, 0.3) is 0 Å². The largest absolute Gasteiger partial charge is 0.304 e. The molecule has 7 heteroatoms. The molecule has 1 aliphatic heterocycles. The van der Waals surface area contributed by atoms with E-state index in [1.165, 1.54) is 11.1 Å². The van der Waals surface area contributed by atoms with Gasteiger partial charge in [-0.15, -0.1) is 0 Å². The number of nitrogens with zero attached hydrogens (tertiary/aromatic N) is 3. The lowest BCUT2D eigenvalue weighted by Gasteiger charge is -2.34. The normalized spacial score (nSPS) is 20.5. The van der Waals surface area contributed by atoms with E-state index in [1.54, 1.807) is 0 Å². The molecule has 0 spiro atoms. The van der Waals surface area contributed by atoms with E-state index in [1.807, 2.05) is 13.8 Å². The number of rotatable bonds is 9. The Morgan fingerprint density at radius 1 is 1.35 bits per heavy atom. The minimum Gasteiger partial charge on any atom is -0.304 e. The van der Waals surface area contributed by atoms with Crippen LogP contribution in [0.2, 0.25) is 0 Å². The fourth-order valence-corrected chi connectivity index (χ4v) is 2.81. The summed E-state index contributed by atoms with van der Waals surface area (Å²) < 4.78 is 0. The maximum absolute atomic E-state index is 12.5. The Hall–Kier alpha value is -1.34. The fourth-order valence-electron chi connectivity index (χ4n) is 2.44. The van der Waals surface area contributed by atoms with Crippen molar-refractivity contribution in [3.05, 3.63) is 0 Å². The van der Waals surface area contributed by atoms with Crippen LogP contribution in [-0.2, 0) is 9.59 Å². The number of carbonyl (C=O) groups excluding carboxylic acids is 2. The first-order valence-electron chi connectivity index (χ1n) is 8.36. The summed E-state index contributed by atoms with van der Waals surface area (Å²) in [5.41, 5.74) is 0. The molecule has 23 heavy (non-hydrogen) atoms. The Morgan fingerprint density at radius 3 is 2.57 bits per heavy atom. The predicted molar refractivity (Wildman–Crippen MR) is 96.6 cm³/mol. The molecule has 6 nitrogen and oxygen atoms in total. The van der Waals surface area contributed by atoms with Gasteiger partial charge in [-0.1, -0.05) is 20.8 Å². The molecule has 0 bridgehead atoms. The molecular formula is C16H28N4O2S. The number of nitrogens with one attached hydrogen (secondary N) is 1. The smallest absolute Gasteiger partial charge is 0.247 e. The maximum Gasteiger partial charge on any atom is 0.247 e. The van der Waals surface area contributed by atoms with E-state index < -0.39 is 5.92 Å². The van der Waals surface area contributed by atoms with Crippen molar-refractivity contribution in [1.82, 2.24) is 15.1 Å². The molecule has 1 aliphatic rings. The van der Waals surface area contributed by atoms with Gasteiger partial charge in [0, 0.05) is 18.8 Å². The van der Waals surface area contributed by atoms with Gasteiger partial charge in [-0.2, -0.15) is 0 Å². The Labute approximate surface area is 144 Å². The first-order chi connectivity index (χ1) is 11.0. The first-order valence-corrected chi connectivity index (χ1v) is 8.77. The molecule has 1 N–H and O–H groups in total.